The number of nitrogens with zero attached hydrogens (tertiary/aromatic N) is 2. The largest absolute Gasteiger partial charge is 0.379 e. The molecule has 3 nitrogen and oxygen atoms in total. The lowest BCUT2D eigenvalue weighted by molar-refractivity contribution is 0.0255. The number of ether oxygens (including phenoxy) is 1. The first-order valence-corrected chi connectivity index (χ1v) is 6.48. The van der Waals surface area contributed by atoms with Crippen LogP contribution in [0.15, 0.2) is 0 Å². The molecule has 0 aromatic rings. The van der Waals surface area contributed by atoms with Gasteiger partial charge in [-0.15, -0.1) is 0 Å². The number of hydrogen-bond acceptors (Lipinski definition) is 4. The van der Waals surface area contributed by atoms with Crippen LogP contribution in [0.1, 0.15) is 12.8 Å². The molecular weight excluding hydrogens is 196 g/mol. The Kier molecular flexibility index (Phi) is 6.00. The van der Waals surface area contributed by atoms with E-state index in [4.69, 9.17) is 10.00 Å². The molecule has 4 heteroatoms. The fourth-order valence-corrected chi connectivity index (χ4v) is 2.09. The van der Waals surface area contributed by atoms with E-state index in [0.29, 0.717) is 0 Å². The number of morpholine rings is 1. The normalized spacial score (nSPS) is 20.3. The lowest BCUT2D eigenvalue weighted by atomic mass is 10.1. The van der Waals surface area contributed by atoms with E-state index in [1.54, 1.807) is 0 Å². The van der Waals surface area contributed by atoms with Gasteiger partial charge in [0.1, 0.15) is 0 Å². The summed E-state index contributed by atoms with van der Waals surface area (Å²) < 4.78 is 5.26. The monoisotopic (exact) mass is 214 g/mol. The zero-order valence-electron chi connectivity index (χ0n) is 8.74. The maximum atomic E-state index is 9.04. The van der Waals surface area contributed by atoms with Gasteiger partial charge in [-0.2, -0.15) is 17.0 Å². The fourth-order valence-electron chi connectivity index (χ4n) is 1.64. The van der Waals surface area contributed by atoms with Crippen LogP contribution in [0, 0.1) is 11.3 Å². The Hall–Kier alpha value is -0.240. The molecule has 0 N–H and O–H groups in total. The first-order valence-electron chi connectivity index (χ1n) is 5.09. The fraction of sp³-hybridized carbons (Fsp3) is 0.900. The van der Waals surface area contributed by atoms with Gasteiger partial charge in [0.25, 0.3) is 0 Å². The standard InChI is InChI=1S/C10H18N2OS/c1-14-8-2-3-10(9-11)12-4-6-13-7-5-12/h10H,2-8H2,1H3. The molecule has 1 aliphatic heterocycles. The Labute approximate surface area is 90.4 Å². The van der Waals surface area contributed by atoms with Crippen LogP contribution in [-0.2, 0) is 4.74 Å². The summed E-state index contributed by atoms with van der Waals surface area (Å²) in [4.78, 5) is 2.24. The minimum absolute atomic E-state index is 0.103. The first kappa shape index (κ1) is 11.8. The van der Waals surface area contributed by atoms with E-state index >= 15 is 0 Å². The highest BCUT2D eigenvalue weighted by molar-refractivity contribution is 7.98. The average Bonchev–Trinajstić information content (AvgIpc) is 2.26. The van der Waals surface area contributed by atoms with Crippen LogP contribution >= 0.6 is 11.8 Å². The van der Waals surface area contributed by atoms with Gasteiger partial charge in [-0.05, 0) is 24.9 Å². The molecule has 14 heavy (non-hydrogen) atoms. The van der Waals surface area contributed by atoms with Gasteiger partial charge in [-0.3, -0.25) is 4.90 Å². The van der Waals surface area contributed by atoms with Crippen molar-refractivity contribution < 1.29 is 4.74 Å². The van der Waals surface area contributed by atoms with E-state index < -0.39 is 0 Å². The van der Waals surface area contributed by atoms with Crippen LogP contribution in [0.25, 0.3) is 0 Å². The number of nitriles is 1. The molecule has 1 fully saturated rings. The van der Waals surface area contributed by atoms with E-state index in [2.05, 4.69) is 17.2 Å². The second-order valence-corrected chi connectivity index (χ2v) is 4.41. The van der Waals surface area contributed by atoms with Gasteiger partial charge in [0.05, 0.1) is 25.3 Å². The van der Waals surface area contributed by atoms with Gasteiger partial charge in [0, 0.05) is 13.1 Å². The van der Waals surface area contributed by atoms with Crippen LogP contribution in [0.5, 0.6) is 0 Å². The quantitative estimate of drug-likeness (QED) is 0.647. The molecule has 0 aromatic carbocycles. The molecule has 0 aromatic heterocycles. The van der Waals surface area contributed by atoms with Crippen molar-refractivity contribution in [2.24, 2.45) is 0 Å². The number of rotatable bonds is 5. The van der Waals surface area contributed by atoms with Gasteiger partial charge in [0.15, 0.2) is 0 Å². The predicted octanol–water partition coefficient (Wildman–Crippen LogP) is 1.35. The van der Waals surface area contributed by atoms with Crippen molar-refractivity contribution in [2.45, 2.75) is 18.9 Å². The van der Waals surface area contributed by atoms with Gasteiger partial charge in [-0.1, -0.05) is 0 Å². The average molecular weight is 214 g/mol. The molecule has 80 valence electrons. The van der Waals surface area contributed by atoms with Crippen molar-refractivity contribution in [2.75, 3.05) is 38.3 Å². The second-order valence-electron chi connectivity index (χ2n) is 3.43. The molecule has 1 aliphatic rings. The van der Waals surface area contributed by atoms with Crippen molar-refractivity contribution in [3.05, 3.63) is 0 Å². The summed E-state index contributed by atoms with van der Waals surface area (Å²) in [6, 6.07) is 2.49. The van der Waals surface area contributed by atoms with Crippen molar-refractivity contribution in [1.82, 2.24) is 4.90 Å². The highest BCUT2D eigenvalue weighted by Crippen LogP contribution is 2.10. The lowest BCUT2D eigenvalue weighted by Crippen LogP contribution is -2.42. The van der Waals surface area contributed by atoms with E-state index in [-0.39, 0.29) is 6.04 Å². The summed E-state index contributed by atoms with van der Waals surface area (Å²) in [6.07, 6.45) is 4.24. The van der Waals surface area contributed by atoms with Crippen molar-refractivity contribution in [1.29, 1.82) is 5.26 Å². The third kappa shape index (κ3) is 3.87. The van der Waals surface area contributed by atoms with E-state index in [9.17, 15) is 0 Å². The van der Waals surface area contributed by atoms with E-state index in [1.165, 1.54) is 0 Å². The molecule has 0 radical (unpaired) electrons. The lowest BCUT2D eigenvalue weighted by Gasteiger charge is -2.30. The van der Waals surface area contributed by atoms with Gasteiger partial charge in [-0.25, -0.2) is 0 Å². The van der Waals surface area contributed by atoms with Gasteiger partial charge >= 0.3 is 0 Å². The van der Waals surface area contributed by atoms with E-state index in [1.807, 2.05) is 11.8 Å². The Bertz CT molecular complexity index is 187. The van der Waals surface area contributed by atoms with Crippen LogP contribution in [0.3, 0.4) is 0 Å². The smallest absolute Gasteiger partial charge is 0.0979 e. The summed E-state index contributed by atoms with van der Waals surface area (Å²) >= 11 is 1.85. The molecule has 0 spiro atoms. The van der Waals surface area contributed by atoms with Gasteiger partial charge < -0.3 is 4.74 Å². The molecule has 1 heterocycles. The summed E-state index contributed by atoms with van der Waals surface area (Å²) in [5.74, 6) is 1.16. The highest BCUT2D eigenvalue weighted by atomic mass is 32.2. The molecular formula is C10H18N2OS. The molecule has 0 saturated carbocycles. The Morgan fingerprint density at radius 2 is 2.21 bits per heavy atom. The zero-order chi connectivity index (χ0) is 10.2. The van der Waals surface area contributed by atoms with Crippen LogP contribution in [-0.4, -0.2) is 49.3 Å². The Morgan fingerprint density at radius 1 is 1.50 bits per heavy atom. The van der Waals surface area contributed by atoms with E-state index in [0.717, 1.165) is 44.9 Å². The minimum atomic E-state index is 0.103. The topological polar surface area (TPSA) is 36.3 Å². The maximum absolute atomic E-state index is 9.04. The molecule has 1 atom stereocenters. The molecule has 0 bridgehead atoms. The van der Waals surface area contributed by atoms with Crippen LogP contribution in [0.2, 0.25) is 0 Å². The molecule has 1 unspecified atom stereocenters. The number of hydrogen-bond donors (Lipinski definition) is 0. The molecule has 0 amide bonds. The summed E-state index contributed by atoms with van der Waals surface area (Å²) in [5, 5.41) is 9.04. The SMILES string of the molecule is CSCCCC(C#N)N1CCOCC1. The molecule has 1 saturated heterocycles. The van der Waals surface area contributed by atoms with Gasteiger partial charge in [0.2, 0.25) is 0 Å². The molecule has 0 aliphatic carbocycles. The van der Waals surface area contributed by atoms with Crippen molar-refractivity contribution >= 4 is 11.8 Å². The Balaban J connectivity index is 2.25. The maximum Gasteiger partial charge on any atom is 0.0979 e. The molecule has 1 rings (SSSR count). The minimum Gasteiger partial charge on any atom is -0.379 e. The van der Waals surface area contributed by atoms with Crippen LogP contribution < -0.4 is 0 Å². The predicted molar refractivity (Wildman–Crippen MR) is 59.4 cm³/mol. The third-order valence-corrected chi connectivity index (χ3v) is 3.16. The third-order valence-electron chi connectivity index (χ3n) is 2.46. The summed E-state index contributed by atoms with van der Waals surface area (Å²) in [5.41, 5.74) is 0. The number of thioether (sulfide) groups is 1. The summed E-state index contributed by atoms with van der Waals surface area (Å²) in [7, 11) is 0. The second kappa shape index (κ2) is 7.10. The van der Waals surface area contributed by atoms with Crippen molar-refractivity contribution in [3.63, 3.8) is 0 Å². The zero-order valence-corrected chi connectivity index (χ0v) is 9.55. The highest BCUT2D eigenvalue weighted by Gasteiger charge is 2.19. The van der Waals surface area contributed by atoms with Crippen LogP contribution in [0.4, 0.5) is 0 Å². The summed E-state index contributed by atoms with van der Waals surface area (Å²) in [6.45, 7) is 3.39. The first-order chi connectivity index (χ1) is 6.88. The Morgan fingerprint density at radius 3 is 2.79 bits per heavy atom. The van der Waals surface area contributed by atoms with Crippen molar-refractivity contribution in [3.8, 4) is 6.07 Å².